The van der Waals surface area contributed by atoms with E-state index in [1.165, 1.54) is 12.8 Å². The number of carbonyl (C=O) groups excluding carboxylic acids is 1. The molecule has 0 fully saturated rings. The van der Waals surface area contributed by atoms with Crippen molar-refractivity contribution in [3.05, 3.63) is 109 Å². The van der Waals surface area contributed by atoms with Crippen LogP contribution < -0.4 is 10.2 Å². The second-order valence-corrected chi connectivity index (χ2v) is 17.4. The summed E-state index contributed by atoms with van der Waals surface area (Å²) in [6.07, 6.45) is 58.5. The highest BCUT2D eigenvalue weighted by Crippen LogP contribution is 2.38. The number of nitrogens with zero attached hydrogens (tertiary/aromatic N) is 1. The SMILES string of the molecule is CC/C=C\C/C=C\C/C=C\C/C=C\C/C=C\C/C=C\C/C=C\C/C=C\C/C=C\CCCCCC(=O)NC(COP(=O)([O-])OCC[N+](C)(C)C)C(O)CCCCCCCC. The Balaban J connectivity index is 4.19. The minimum atomic E-state index is -4.57. The van der Waals surface area contributed by atoms with E-state index in [0.717, 1.165) is 109 Å². The highest BCUT2D eigenvalue weighted by Gasteiger charge is 2.24. The normalized spacial score (nSPS) is 15.3. The number of rotatable bonds is 39. The first-order chi connectivity index (χ1) is 28.5. The lowest BCUT2D eigenvalue weighted by molar-refractivity contribution is -0.870. The lowest BCUT2D eigenvalue weighted by Crippen LogP contribution is -2.46. The van der Waals surface area contributed by atoms with E-state index in [9.17, 15) is 19.4 Å². The number of nitrogens with one attached hydrogen (secondary N) is 1. The molecule has 9 heteroatoms. The third-order valence-corrected chi connectivity index (χ3v) is 10.2. The lowest BCUT2D eigenvalue weighted by Gasteiger charge is -2.30. The molecule has 59 heavy (non-hydrogen) atoms. The number of phosphoric acid groups is 1. The summed E-state index contributed by atoms with van der Waals surface area (Å²) in [7, 11) is 1.25. The average Bonchev–Trinajstić information content (AvgIpc) is 3.19. The van der Waals surface area contributed by atoms with E-state index in [4.69, 9.17) is 9.05 Å². The molecule has 0 heterocycles. The van der Waals surface area contributed by atoms with Crippen molar-refractivity contribution in [2.24, 2.45) is 0 Å². The molecular formula is C50H85N2O6P. The Hall–Kier alpha value is -2.84. The minimum absolute atomic E-state index is 0.00204. The maximum atomic E-state index is 12.8. The van der Waals surface area contributed by atoms with Crippen molar-refractivity contribution in [3.63, 3.8) is 0 Å². The van der Waals surface area contributed by atoms with Gasteiger partial charge < -0.3 is 28.8 Å². The van der Waals surface area contributed by atoms with Gasteiger partial charge in [0, 0.05) is 6.42 Å². The number of likely N-dealkylation sites (N-methyl/N-ethyl adjacent to an activating group) is 1. The monoisotopic (exact) mass is 841 g/mol. The van der Waals surface area contributed by atoms with Crippen molar-refractivity contribution in [2.45, 2.75) is 161 Å². The van der Waals surface area contributed by atoms with Gasteiger partial charge in [-0.25, -0.2) is 0 Å². The van der Waals surface area contributed by atoms with Crippen molar-refractivity contribution >= 4 is 13.7 Å². The Morgan fingerprint density at radius 1 is 0.610 bits per heavy atom. The molecule has 0 saturated carbocycles. The van der Waals surface area contributed by atoms with Gasteiger partial charge in [0.05, 0.1) is 39.9 Å². The molecule has 0 bridgehead atoms. The van der Waals surface area contributed by atoms with Crippen molar-refractivity contribution in [2.75, 3.05) is 40.9 Å². The van der Waals surface area contributed by atoms with Crippen LogP contribution in [-0.4, -0.2) is 68.5 Å². The summed E-state index contributed by atoms with van der Waals surface area (Å²) in [5.74, 6) is -0.209. The van der Waals surface area contributed by atoms with Crippen molar-refractivity contribution in [1.82, 2.24) is 5.32 Å². The Bertz CT molecular complexity index is 1320. The highest BCUT2D eigenvalue weighted by atomic mass is 31.2. The zero-order valence-corrected chi connectivity index (χ0v) is 38.8. The average molecular weight is 841 g/mol. The number of carbonyl (C=O) groups is 1. The maximum Gasteiger partial charge on any atom is 0.268 e. The van der Waals surface area contributed by atoms with E-state index in [1.54, 1.807) is 0 Å². The van der Waals surface area contributed by atoms with Gasteiger partial charge in [0.1, 0.15) is 13.2 Å². The molecule has 0 aliphatic heterocycles. The largest absolute Gasteiger partial charge is 0.756 e. The van der Waals surface area contributed by atoms with Crippen LogP contribution in [0.3, 0.4) is 0 Å². The van der Waals surface area contributed by atoms with Crippen LogP contribution in [-0.2, 0) is 18.4 Å². The zero-order valence-electron chi connectivity index (χ0n) is 37.9. The lowest BCUT2D eigenvalue weighted by atomic mass is 10.0. The third kappa shape index (κ3) is 43.1. The summed E-state index contributed by atoms with van der Waals surface area (Å²) in [6, 6.07) is -0.823. The predicted octanol–water partition coefficient (Wildman–Crippen LogP) is 12.3. The van der Waals surface area contributed by atoms with Crippen molar-refractivity contribution in [1.29, 1.82) is 0 Å². The smallest absolute Gasteiger partial charge is 0.268 e. The predicted molar refractivity (Wildman–Crippen MR) is 251 cm³/mol. The van der Waals surface area contributed by atoms with Crippen molar-refractivity contribution in [3.8, 4) is 0 Å². The summed E-state index contributed by atoms with van der Waals surface area (Å²) in [5.41, 5.74) is 0. The number of allylic oxidation sites excluding steroid dienone is 18. The van der Waals surface area contributed by atoms with Gasteiger partial charge in [-0.05, 0) is 83.5 Å². The van der Waals surface area contributed by atoms with Crippen LogP contribution >= 0.6 is 7.82 Å². The highest BCUT2D eigenvalue weighted by molar-refractivity contribution is 7.45. The van der Waals surface area contributed by atoms with Gasteiger partial charge in [-0.3, -0.25) is 9.36 Å². The molecule has 2 N–H and O–H groups in total. The molecule has 3 unspecified atom stereocenters. The van der Waals surface area contributed by atoms with Gasteiger partial charge >= 0.3 is 0 Å². The molecule has 0 saturated heterocycles. The fourth-order valence-electron chi connectivity index (χ4n) is 5.68. The molecule has 0 aromatic heterocycles. The van der Waals surface area contributed by atoms with Crippen LogP contribution in [0, 0.1) is 0 Å². The molecule has 8 nitrogen and oxygen atoms in total. The van der Waals surface area contributed by atoms with Crippen LogP contribution in [0.15, 0.2) is 109 Å². The van der Waals surface area contributed by atoms with E-state index in [1.807, 2.05) is 21.1 Å². The molecule has 3 atom stereocenters. The first kappa shape index (κ1) is 56.2. The number of hydrogen-bond acceptors (Lipinski definition) is 6. The Morgan fingerprint density at radius 3 is 1.49 bits per heavy atom. The Kier molecular flexibility index (Phi) is 38.6. The fourth-order valence-corrected chi connectivity index (χ4v) is 6.40. The second kappa shape index (κ2) is 40.6. The molecule has 0 aromatic rings. The van der Waals surface area contributed by atoms with Gasteiger partial charge in [-0.2, -0.15) is 0 Å². The third-order valence-electron chi connectivity index (χ3n) is 9.28. The number of unbranched alkanes of at least 4 members (excludes halogenated alkanes) is 8. The van der Waals surface area contributed by atoms with Crippen LogP contribution in [0.4, 0.5) is 0 Å². The summed E-state index contributed by atoms with van der Waals surface area (Å²) >= 11 is 0. The quantitative estimate of drug-likeness (QED) is 0.0276. The zero-order chi connectivity index (χ0) is 43.6. The topological polar surface area (TPSA) is 108 Å². The Labute approximate surface area is 361 Å². The molecule has 0 aromatic carbocycles. The van der Waals surface area contributed by atoms with Gasteiger partial charge in [-0.15, -0.1) is 0 Å². The van der Waals surface area contributed by atoms with Crippen LogP contribution in [0.25, 0.3) is 0 Å². The van der Waals surface area contributed by atoms with Gasteiger partial charge in [0.2, 0.25) is 5.91 Å². The van der Waals surface area contributed by atoms with Gasteiger partial charge in [0.25, 0.3) is 7.82 Å². The van der Waals surface area contributed by atoms with E-state index < -0.39 is 20.0 Å². The first-order valence-electron chi connectivity index (χ1n) is 22.7. The van der Waals surface area contributed by atoms with Crippen LogP contribution in [0.1, 0.15) is 149 Å². The number of aliphatic hydroxyl groups is 1. The van der Waals surface area contributed by atoms with E-state index in [-0.39, 0.29) is 19.1 Å². The number of aliphatic hydroxyl groups excluding tert-OH is 1. The van der Waals surface area contributed by atoms with Crippen molar-refractivity contribution < 1.29 is 32.9 Å². The molecule has 1 amide bonds. The molecule has 0 aliphatic carbocycles. The summed E-state index contributed by atoms with van der Waals surface area (Å²) < 4.78 is 23.1. The number of phosphoric ester groups is 1. The number of amides is 1. The minimum Gasteiger partial charge on any atom is -0.756 e. The molecular weight excluding hydrogens is 756 g/mol. The standard InChI is InChI=1S/C50H85N2O6P/c1-6-8-10-12-14-15-16-17-18-19-20-21-22-23-24-25-26-27-28-29-30-31-32-33-34-35-36-37-38-40-42-44-50(54)51-48(49(53)43-41-39-13-11-9-7-2)47-58-59(55,56)57-46-45-52(3,4)5/h8,10,14-15,17-18,20-21,23-24,26-27,29-30,32-33,35-36,48-49,53H,6-7,9,11-13,16,19,22,25,28,31,34,37-47H2,1-5H3,(H-,51,54,55,56)/b10-8-,15-14-,18-17-,21-20-,24-23-,27-26-,30-29-,33-32-,36-35-. The number of quaternary nitrogens is 1. The molecule has 0 radical (unpaired) electrons. The van der Waals surface area contributed by atoms with Crippen LogP contribution in [0.5, 0.6) is 0 Å². The fraction of sp³-hybridized carbons (Fsp3) is 0.620. The maximum absolute atomic E-state index is 12.8. The second-order valence-electron chi connectivity index (χ2n) is 16.0. The molecule has 0 rings (SSSR count). The van der Waals surface area contributed by atoms with E-state index in [0.29, 0.717) is 23.9 Å². The molecule has 0 aliphatic rings. The Morgan fingerprint density at radius 2 is 1.03 bits per heavy atom. The first-order valence-corrected chi connectivity index (χ1v) is 24.2. The summed E-state index contributed by atoms with van der Waals surface area (Å²) in [6.45, 7) is 4.47. The summed E-state index contributed by atoms with van der Waals surface area (Å²) in [5, 5.41) is 13.7. The van der Waals surface area contributed by atoms with Gasteiger partial charge in [-0.1, -0.05) is 168 Å². The van der Waals surface area contributed by atoms with E-state index >= 15 is 0 Å². The van der Waals surface area contributed by atoms with Crippen LogP contribution in [0.2, 0.25) is 0 Å². The number of hydrogen-bond donors (Lipinski definition) is 2. The summed E-state index contributed by atoms with van der Waals surface area (Å²) in [4.78, 5) is 25.2. The van der Waals surface area contributed by atoms with E-state index in [2.05, 4.69) is 129 Å². The van der Waals surface area contributed by atoms with Gasteiger partial charge in [0.15, 0.2) is 0 Å². The molecule has 0 spiro atoms. The molecule has 336 valence electrons.